The maximum atomic E-state index is 11.4. The molecule has 0 amide bonds. The predicted octanol–water partition coefficient (Wildman–Crippen LogP) is 2.14. The predicted molar refractivity (Wildman–Crippen MR) is 237 cm³/mol. The summed E-state index contributed by atoms with van der Waals surface area (Å²) in [6.07, 6.45) is 0. The molecule has 0 unspecified atom stereocenters. The Morgan fingerprint density at radius 1 is 0.523 bits per heavy atom. The van der Waals surface area contributed by atoms with Crippen LogP contribution >= 0.6 is 0 Å². The van der Waals surface area contributed by atoms with Crippen molar-refractivity contribution >= 4 is 105 Å². The number of nitrogen functional groups attached to an aromatic ring is 4. The molecule has 5 aromatic carbocycles. The molecule has 0 spiro atoms. The van der Waals surface area contributed by atoms with E-state index in [1.165, 1.54) is 12.1 Å². The number of benzene rings is 5. The minimum Gasteiger partial charge on any atom is -0.478 e. The first-order chi connectivity index (χ1) is 30.3. The second-order valence-electron chi connectivity index (χ2n) is 13.1. The molecule has 0 atom stereocenters. The number of hydrogen-bond donors (Lipinski definition) is 13. The van der Waals surface area contributed by atoms with Crippen molar-refractivity contribution in [2.24, 2.45) is 0 Å². The van der Waals surface area contributed by atoms with Crippen molar-refractivity contribution in [2.75, 3.05) is 64.8 Å². The molecule has 0 saturated heterocycles. The average Bonchev–Trinajstić information content (AvgIpc) is 3.21. The fourth-order valence-electron chi connectivity index (χ4n) is 5.43. The first kappa shape index (κ1) is 50.2. The Kier molecular flexibility index (Phi) is 16.1. The number of anilines is 9. The zero-order valence-corrected chi connectivity index (χ0v) is 35.7. The van der Waals surface area contributed by atoms with Gasteiger partial charge in [-0.15, -0.1) is 0 Å². The molecular weight excluding hydrogens is 921 g/mol. The van der Waals surface area contributed by atoms with E-state index < -0.39 is 67.8 Å². The molecule has 6 aromatic rings. The Hall–Kier alpha value is -7.44. The van der Waals surface area contributed by atoms with E-state index in [9.17, 15) is 54.2 Å². The molecule has 1 aromatic heterocycles. The van der Waals surface area contributed by atoms with Gasteiger partial charge in [-0.05, 0) is 91.0 Å². The first-order valence-corrected chi connectivity index (χ1v) is 22.3. The van der Waals surface area contributed by atoms with Crippen LogP contribution < -0.4 is 38.5 Å². The number of carboxylic acid groups (broad SMARTS) is 2. The fourth-order valence-corrected chi connectivity index (χ4v) is 7.49. The van der Waals surface area contributed by atoms with Crippen LogP contribution in [0, 0.1) is 0 Å². The third-order valence-corrected chi connectivity index (χ3v) is 10.9. The van der Waals surface area contributed by atoms with Crippen LogP contribution in [0.15, 0.2) is 106 Å². The van der Waals surface area contributed by atoms with Gasteiger partial charge in [-0.25, -0.2) is 9.59 Å². The van der Waals surface area contributed by atoms with E-state index in [-0.39, 0.29) is 48.8 Å². The van der Waals surface area contributed by atoms with Crippen molar-refractivity contribution in [3.8, 4) is 0 Å². The van der Waals surface area contributed by atoms with E-state index >= 15 is 0 Å². The Labute approximate surface area is 369 Å². The van der Waals surface area contributed by atoms with Gasteiger partial charge in [0.05, 0.1) is 29.2 Å². The van der Waals surface area contributed by atoms with Crippen molar-refractivity contribution in [3.63, 3.8) is 0 Å². The highest BCUT2D eigenvalue weighted by molar-refractivity contribution is 7.87. The Balaban J connectivity index is 0.000000229. The summed E-state index contributed by atoms with van der Waals surface area (Å²) in [7, 11) is -14.8. The fraction of sp³-hybridized carbons (Fsp3) is 0.108. The number of rotatable bonds is 14. The molecule has 0 saturated carbocycles. The van der Waals surface area contributed by atoms with Gasteiger partial charge in [0.25, 0.3) is 30.4 Å². The van der Waals surface area contributed by atoms with E-state index in [1.807, 2.05) is 24.3 Å². The lowest BCUT2D eigenvalue weighted by Crippen LogP contribution is -2.31. The zero-order valence-electron chi connectivity index (χ0n) is 33.2. The van der Waals surface area contributed by atoms with Crippen LogP contribution in [0.25, 0.3) is 10.8 Å². The Morgan fingerprint density at radius 3 is 1.31 bits per heavy atom. The molecule has 0 radical (unpaired) electrons. The number of aliphatic hydroxyl groups is 2. The number of fused-ring (bicyclic) bond motifs is 1. The topological polar surface area (TPSA) is 448 Å². The van der Waals surface area contributed by atoms with Crippen LogP contribution in [0.1, 0.15) is 20.7 Å². The van der Waals surface area contributed by atoms with Crippen molar-refractivity contribution in [3.05, 3.63) is 102 Å². The minimum atomic E-state index is -5.00. The lowest BCUT2D eigenvalue weighted by Gasteiger charge is -2.21. The smallest absolute Gasteiger partial charge is 0.335 e. The molecule has 0 aliphatic carbocycles. The van der Waals surface area contributed by atoms with Crippen LogP contribution in [0.5, 0.6) is 0 Å². The molecule has 0 aliphatic rings. The highest BCUT2D eigenvalue weighted by Gasteiger charge is 2.25. The van der Waals surface area contributed by atoms with Crippen molar-refractivity contribution in [1.29, 1.82) is 0 Å². The molecule has 0 fully saturated rings. The van der Waals surface area contributed by atoms with Gasteiger partial charge >= 0.3 is 11.9 Å². The number of nitrogens with two attached hydrogens (primary N) is 4. The summed E-state index contributed by atoms with van der Waals surface area (Å²) < 4.78 is 95.5. The van der Waals surface area contributed by atoms with Gasteiger partial charge < -0.3 is 58.9 Å². The molecule has 17 N–H and O–H groups in total. The summed E-state index contributed by atoms with van der Waals surface area (Å²) >= 11 is 0. The van der Waals surface area contributed by atoms with Crippen LogP contribution in [0.3, 0.4) is 0 Å². The lowest BCUT2D eigenvalue weighted by atomic mass is 10.1. The molecule has 65 heavy (non-hydrogen) atoms. The standard InChI is InChI=1S/C19H24N8O2.C10H9NO9S3.C8H7NO4/c20-13-1-5-15(6-2-13)22-17-24-18(23-16-7-3-14(21)4-8-16)26-19(25-17)27(9-11-28)10-12-29;11-5-1-7-8(9(2-5)22(15,16)17)3-6(21(12,13)14)4-10(7)23(18,19)20;9-6-2-4(7(10)11)1-5(3-6)8(12)13/h1-8,28-29H,9-12,20-21H2,(H2,22,23,24,25,26);1-4H,11H2,(H,12,13,14)(H,15,16,17)(H,18,19,20);1-3H,9H2,(H,10,11)(H,12,13). The van der Waals surface area contributed by atoms with Crippen molar-refractivity contribution in [1.82, 2.24) is 15.0 Å². The average molecular weight is 961 g/mol. The number of nitrogens with one attached hydrogen (secondary N) is 2. The molecule has 6 rings (SSSR count). The van der Waals surface area contributed by atoms with Gasteiger partial charge in [0.2, 0.25) is 17.8 Å². The van der Waals surface area contributed by atoms with Gasteiger partial charge in [0.15, 0.2) is 0 Å². The summed E-state index contributed by atoms with van der Waals surface area (Å²) in [5.41, 5.74) is 24.6. The van der Waals surface area contributed by atoms with E-state index in [0.717, 1.165) is 29.6 Å². The molecular formula is C37H40N10O15S3. The normalized spacial score (nSPS) is 11.3. The van der Waals surface area contributed by atoms with E-state index in [1.54, 1.807) is 29.2 Å². The summed E-state index contributed by atoms with van der Waals surface area (Å²) in [4.78, 5) is 33.0. The van der Waals surface area contributed by atoms with Gasteiger partial charge in [-0.1, -0.05) is 0 Å². The molecule has 1 heterocycles. The first-order valence-electron chi connectivity index (χ1n) is 17.9. The third kappa shape index (κ3) is 14.3. The molecule has 25 nitrogen and oxygen atoms in total. The van der Waals surface area contributed by atoms with Crippen molar-refractivity contribution in [2.45, 2.75) is 14.7 Å². The maximum Gasteiger partial charge on any atom is 0.335 e. The number of carboxylic acids is 2. The maximum absolute atomic E-state index is 11.4. The number of aromatic nitrogens is 3. The summed E-state index contributed by atoms with van der Waals surface area (Å²) in [5, 5.41) is 41.0. The van der Waals surface area contributed by atoms with Crippen LogP contribution in [-0.4, -0.2) is 113 Å². The molecule has 346 valence electrons. The Morgan fingerprint density at radius 2 is 0.923 bits per heavy atom. The van der Waals surface area contributed by atoms with Gasteiger partial charge in [0.1, 0.15) is 9.79 Å². The SMILES string of the molecule is Nc1cc(C(=O)O)cc(C(=O)O)c1.Nc1cc(S(=O)(=O)O)c2cc(S(=O)(=O)O)cc(S(=O)(=O)O)c2c1.Nc1ccc(Nc2nc(Nc3ccc(N)cc3)nc(N(CCO)CCO)n2)cc1. The monoisotopic (exact) mass is 960 g/mol. The number of aromatic carboxylic acids is 2. The van der Waals surface area contributed by atoms with Gasteiger partial charge in [0, 0.05) is 58.0 Å². The van der Waals surface area contributed by atoms with Crippen LogP contribution in [0.4, 0.5) is 52.0 Å². The minimum absolute atomic E-state index is 0.104. The lowest BCUT2D eigenvalue weighted by molar-refractivity contribution is 0.0696. The van der Waals surface area contributed by atoms with Gasteiger partial charge in [-0.2, -0.15) is 40.2 Å². The molecule has 28 heteroatoms. The van der Waals surface area contributed by atoms with Crippen LogP contribution in [-0.2, 0) is 30.4 Å². The zero-order chi connectivity index (χ0) is 48.4. The largest absolute Gasteiger partial charge is 0.478 e. The summed E-state index contributed by atoms with van der Waals surface area (Å²) in [6, 6.07) is 20.5. The van der Waals surface area contributed by atoms with Gasteiger partial charge in [-0.3, -0.25) is 13.7 Å². The van der Waals surface area contributed by atoms with E-state index in [2.05, 4.69) is 25.6 Å². The number of nitrogens with zero attached hydrogens (tertiary/aromatic N) is 4. The number of aliphatic hydroxyl groups excluding tert-OH is 2. The molecule has 0 bridgehead atoms. The Bertz CT molecular complexity index is 2950. The summed E-state index contributed by atoms with van der Waals surface area (Å²) in [6.45, 7) is 0.334. The van der Waals surface area contributed by atoms with Crippen LogP contribution in [0.2, 0.25) is 0 Å². The van der Waals surface area contributed by atoms with E-state index in [4.69, 9.17) is 37.7 Å². The molecule has 0 aliphatic heterocycles. The second kappa shape index (κ2) is 20.8. The highest BCUT2D eigenvalue weighted by atomic mass is 32.2. The van der Waals surface area contributed by atoms with Crippen molar-refractivity contribution < 1.29 is 68.9 Å². The highest BCUT2D eigenvalue weighted by Crippen LogP contribution is 2.34. The quantitative estimate of drug-likeness (QED) is 0.0549. The summed E-state index contributed by atoms with van der Waals surface area (Å²) in [5.74, 6) is -1.47. The number of carbonyl (C=O) groups is 2. The number of hydrogen-bond acceptors (Lipinski definition) is 20. The second-order valence-corrected chi connectivity index (χ2v) is 17.3. The van der Waals surface area contributed by atoms with E-state index in [0.29, 0.717) is 41.4 Å². The third-order valence-electron chi connectivity index (χ3n) is 8.27.